The lowest BCUT2D eigenvalue weighted by atomic mass is 10.2. The van der Waals surface area contributed by atoms with E-state index in [9.17, 15) is 0 Å². The van der Waals surface area contributed by atoms with E-state index in [2.05, 4.69) is 26.2 Å². The molecule has 0 fully saturated rings. The van der Waals surface area contributed by atoms with Crippen LogP contribution in [-0.4, -0.2) is 18.4 Å². The quantitative estimate of drug-likeness (QED) is 0.892. The van der Waals surface area contributed by atoms with Crippen LogP contribution in [0.3, 0.4) is 0 Å². The Balaban J connectivity index is 1.67. The molecule has 0 atom stereocenters. The van der Waals surface area contributed by atoms with Gasteiger partial charge in [-0.25, -0.2) is 4.98 Å². The van der Waals surface area contributed by atoms with Crippen molar-refractivity contribution in [2.75, 3.05) is 18.7 Å². The van der Waals surface area contributed by atoms with Gasteiger partial charge in [0.2, 0.25) is 12.7 Å². The fraction of sp³-hybridized carbons (Fsp3) is 0.267. The van der Waals surface area contributed by atoms with Crippen LogP contribution in [0.2, 0.25) is 0 Å². The summed E-state index contributed by atoms with van der Waals surface area (Å²) in [4.78, 5) is 4.22. The maximum Gasteiger partial charge on any atom is 0.231 e. The highest BCUT2D eigenvalue weighted by Crippen LogP contribution is 2.37. The summed E-state index contributed by atoms with van der Waals surface area (Å²) < 4.78 is 17.0. The minimum absolute atomic E-state index is 0.279. The molecule has 1 aliphatic heterocycles. The van der Waals surface area contributed by atoms with Gasteiger partial charge < -0.3 is 19.5 Å². The molecule has 0 bridgehead atoms. The number of halogens is 1. The van der Waals surface area contributed by atoms with Crippen LogP contribution in [0.25, 0.3) is 0 Å². The lowest BCUT2D eigenvalue weighted by Crippen LogP contribution is -2.01. The van der Waals surface area contributed by atoms with Gasteiger partial charge in [-0.3, -0.25) is 0 Å². The number of aromatic nitrogens is 1. The number of rotatable bonds is 5. The van der Waals surface area contributed by atoms with E-state index in [1.54, 1.807) is 6.20 Å². The van der Waals surface area contributed by atoms with Crippen molar-refractivity contribution < 1.29 is 14.2 Å². The average molecular weight is 351 g/mol. The zero-order valence-corrected chi connectivity index (χ0v) is 13.1. The molecule has 5 nitrogen and oxygen atoms in total. The Morgan fingerprint density at radius 1 is 1.29 bits per heavy atom. The number of ether oxygens (including phenoxy) is 3. The second-order valence-electron chi connectivity index (χ2n) is 4.47. The minimum atomic E-state index is 0.279. The van der Waals surface area contributed by atoms with Crippen molar-refractivity contribution in [3.8, 4) is 17.4 Å². The molecule has 0 amide bonds. The molecular weight excluding hydrogens is 336 g/mol. The van der Waals surface area contributed by atoms with E-state index in [0.29, 0.717) is 19.0 Å². The Morgan fingerprint density at radius 3 is 2.81 bits per heavy atom. The van der Waals surface area contributed by atoms with Crippen LogP contribution < -0.4 is 19.5 Å². The summed E-state index contributed by atoms with van der Waals surface area (Å²) in [5.74, 6) is 2.18. The van der Waals surface area contributed by atoms with Crippen LogP contribution in [-0.2, 0) is 6.54 Å². The number of anilines is 1. The van der Waals surface area contributed by atoms with E-state index in [1.807, 2.05) is 31.2 Å². The van der Waals surface area contributed by atoms with Crippen LogP contribution in [0.5, 0.6) is 17.4 Å². The third kappa shape index (κ3) is 3.21. The maximum atomic E-state index is 5.39. The fourth-order valence-corrected chi connectivity index (χ4v) is 2.47. The van der Waals surface area contributed by atoms with E-state index in [0.717, 1.165) is 27.2 Å². The predicted molar refractivity (Wildman–Crippen MR) is 83.0 cm³/mol. The summed E-state index contributed by atoms with van der Waals surface area (Å²) in [6, 6.07) is 7.69. The van der Waals surface area contributed by atoms with E-state index >= 15 is 0 Å². The Bertz CT molecular complexity index is 632. The number of benzene rings is 1. The van der Waals surface area contributed by atoms with Gasteiger partial charge in [-0.2, -0.15) is 0 Å². The topological polar surface area (TPSA) is 52.6 Å². The first-order valence-corrected chi connectivity index (χ1v) is 7.46. The van der Waals surface area contributed by atoms with Gasteiger partial charge in [-0.05, 0) is 30.7 Å². The first kappa shape index (κ1) is 14.0. The van der Waals surface area contributed by atoms with Crippen molar-refractivity contribution in [2.45, 2.75) is 13.5 Å². The van der Waals surface area contributed by atoms with Gasteiger partial charge in [-0.1, -0.05) is 15.9 Å². The van der Waals surface area contributed by atoms with E-state index in [4.69, 9.17) is 14.2 Å². The van der Waals surface area contributed by atoms with Gasteiger partial charge in [0, 0.05) is 17.1 Å². The highest BCUT2D eigenvalue weighted by Gasteiger charge is 2.16. The Hall–Kier alpha value is -1.95. The fourth-order valence-electron chi connectivity index (χ4n) is 2.01. The largest absolute Gasteiger partial charge is 0.478 e. The normalized spacial score (nSPS) is 12.3. The van der Waals surface area contributed by atoms with Crippen molar-refractivity contribution in [2.24, 2.45) is 0 Å². The molecule has 21 heavy (non-hydrogen) atoms. The molecule has 2 aromatic rings. The number of fused-ring (bicyclic) bond motifs is 1. The molecule has 1 aliphatic rings. The second-order valence-corrected chi connectivity index (χ2v) is 5.32. The summed E-state index contributed by atoms with van der Waals surface area (Å²) in [6.45, 7) is 3.49. The molecule has 6 heteroatoms. The van der Waals surface area contributed by atoms with Gasteiger partial charge in [0.05, 0.1) is 18.5 Å². The first-order chi connectivity index (χ1) is 10.3. The predicted octanol–water partition coefficient (Wildman–Crippen LogP) is 3.58. The molecule has 3 rings (SSSR count). The van der Waals surface area contributed by atoms with Crippen LogP contribution in [0.1, 0.15) is 12.5 Å². The summed E-state index contributed by atoms with van der Waals surface area (Å²) in [5, 5.41) is 3.32. The highest BCUT2D eigenvalue weighted by molar-refractivity contribution is 9.10. The molecule has 2 heterocycles. The molecule has 0 radical (unpaired) electrons. The summed E-state index contributed by atoms with van der Waals surface area (Å²) >= 11 is 3.54. The van der Waals surface area contributed by atoms with Crippen LogP contribution in [0.15, 0.2) is 34.9 Å². The van der Waals surface area contributed by atoms with Gasteiger partial charge in [0.15, 0.2) is 11.5 Å². The van der Waals surface area contributed by atoms with Crippen LogP contribution in [0.4, 0.5) is 5.69 Å². The molecule has 1 aromatic carbocycles. The lowest BCUT2D eigenvalue weighted by molar-refractivity contribution is 0.174. The summed E-state index contributed by atoms with van der Waals surface area (Å²) in [5.41, 5.74) is 2.02. The Labute approximate surface area is 131 Å². The van der Waals surface area contributed by atoms with Crippen LogP contribution in [0, 0.1) is 0 Å². The number of nitrogens with one attached hydrogen (secondary N) is 1. The van der Waals surface area contributed by atoms with Crippen molar-refractivity contribution in [3.63, 3.8) is 0 Å². The van der Waals surface area contributed by atoms with E-state index < -0.39 is 0 Å². The molecular formula is C15H15BrN2O3. The maximum absolute atomic E-state index is 5.39. The third-order valence-electron chi connectivity index (χ3n) is 3.05. The molecule has 0 saturated carbocycles. The lowest BCUT2D eigenvalue weighted by Gasteiger charge is -2.10. The molecule has 1 aromatic heterocycles. The van der Waals surface area contributed by atoms with Gasteiger partial charge in [0.25, 0.3) is 0 Å². The molecule has 0 unspecified atom stereocenters. The van der Waals surface area contributed by atoms with Gasteiger partial charge in [-0.15, -0.1) is 0 Å². The zero-order chi connectivity index (χ0) is 14.7. The third-order valence-corrected chi connectivity index (χ3v) is 3.79. The average Bonchev–Trinajstić information content (AvgIpc) is 2.93. The molecule has 0 aliphatic carbocycles. The van der Waals surface area contributed by atoms with Crippen molar-refractivity contribution in [3.05, 3.63) is 40.5 Å². The monoisotopic (exact) mass is 350 g/mol. The zero-order valence-electron chi connectivity index (χ0n) is 11.6. The number of hydrogen-bond acceptors (Lipinski definition) is 5. The summed E-state index contributed by atoms with van der Waals surface area (Å²) in [6.07, 6.45) is 1.76. The SMILES string of the molecule is CCOc1ccc(NCc2cc3c(cc2Br)OCO3)cn1. The van der Waals surface area contributed by atoms with Crippen LogP contribution >= 0.6 is 15.9 Å². The van der Waals surface area contributed by atoms with Crippen molar-refractivity contribution in [1.29, 1.82) is 0 Å². The van der Waals surface area contributed by atoms with Crippen molar-refractivity contribution >= 4 is 21.6 Å². The molecule has 110 valence electrons. The number of nitrogens with zero attached hydrogens (tertiary/aromatic N) is 1. The van der Waals surface area contributed by atoms with E-state index in [1.165, 1.54) is 0 Å². The summed E-state index contributed by atoms with van der Waals surface area (Å²) in [7, 11) is 0. The number of pyridine rings is 1. The minimum Gasteiger partial charge on any atom is -0.478 e. The van der Waals surface area contributed by atoms with E-state index in [-0.39, 0.29) is 6.79 Å². The molecule has 1 N–H and O–H groups in total. The Kier molecular flexibility index (Phi) is 4.15. The molecule has 0 spiro atoms. The van der Waals surface area contributed by atoms with Gasteiger partial charge >= 0.3 is 0 Å². The smallest absolute Gasteiger partial charge is 0.231 e. The Morgan fingerprint density at radius 2 is 2.10 bits per heavy atom. The molecule has 0 saturated heterocycles. The standard InChI is InChI=1S/C15H15BrN2O3/c1-2-19-15-4-3-11(8-18-15)17-7-10-5-13-14(6-12(10)16)21-9-20-13/h3-6,8,17H,2,7,9H2,1H3. The first-order valence-electron chi connectivity index (χ1n) is 6.67. The van der Waals surface area contributed by atoms with Crippen molar-refractivity contribution in [1.82, 2.24) is 4.98 Å². The second kappa shape index (κ2) is 6.22. The number of hydrogen-bond donors (Lipinski definition) is 1. The highest BCUT2D eigenvalue weighted by atomic mass is 79.9. The van der Waals surface area contributed by atoms with Gasteiger partial charge in [0.1, 0.15) is 0 Å².